The van der Waals surface area contributed by atoms with E-state index >= 15 is 0 Å². The van der Waals surface area contributed by atoms with Gasteiger partial charge in [-0.2, -0.15) is 0 Å². The summed E-state index contributed by atoms with van der Waals surface area (Å²) in [5, 5.41) is 1.13. The van der Waals surface area contributed by atoms with E-state index in [1.54, 1.807) is 0 Å². The van der Waals surface area contributed by atoms with Gasteiger partial charge in [0.25, 0.3) is 0 Å². The van der Waals surface area contributed by atoms with Crippen molar-refractivity contribution in [3.8, 4) is 0 Å². The van der Waals surface area contributed by atoms with E-state index in [1.807, 2.05) is 32.2 Å². The van der Waals surface area contributed by atoms with Crippen LogP contribution in [0.1, 0.15) is 12.5 Å². The highest BCUT2D eigenvalue weighted by Gasteiger charge is 2.10. The number of benzene rings is 1. The highest BCUT2D eigenvalue weighted by Crippen LogP contribution is 2.24. The molecule has 0 bridgehead atoms. The molecule has 2 aromatic rings. The van der Waals surface area contributed by atoms with Crippen molar-refractivity contribution < 1.29 is 4.74 Å². The first-order valence-electron chi connectivity index (χ1n) is 6.49. The molecule has 1 heterocycles. The predicted molar refractivity (Wildman–Crippen MR) is 81.1 cm³/mol. The van der Waals surface area contributed by atoms with Gasteiger partial charge in [0.2, 0.25) is 0 Å². The number of pyridine rings is 1. The summed E-state index contributed by atoms with van der Waals surface area (Å²) in [7, 11) is 2.02. The zero-order chi connectivity index (χ0) is 13.7. The Balaban J connectivity index is 2.29. The first kappa shape index (κ1) is 14.1. The second-order valence-corrected chi connectivity index (χ2v) is 4.68. The summed E-state index contributed by atoms with van der Waals surface area (Å²) in [6, 6.07) is 10.2. The van der Waals surface area contributed by atoms with Gasteiger partial charge in [-0.25, -0.2) is 4.98 Å². The highest BCUT2D eigenvalue weighted by molar-refractivity contribution is 6.17. The van der Waals surface area contributed by atoms with E-state index < -0.39 is 0 Å². The number of nitrogens with zero attached hydrogens (tertiary/aromatic N) is 2. The van der Waals surface area contributed by atoms with Gasteiger partial charge in [0.15, 0.2) is 0 Å². The van der Waals surface area contributed by atoms with Crippen LogP contribution in [0.15, 0.2) is 30.3 Å². The lowest BCUT2D eigenvalue weighted by molar-refractivity contribution is 0.154. The van der Waals surface area contributed by atoms with Gasteiger partial charge in [-0.15, -0.1) is 11.6 Å². The lowest BCUT2D eigenvalue weighted by Crippen LogP contribution is -2.24. The standard InChI is InChI=1S/C15H19ClN2O/c1-3-19-9-8-18(2)15-13(11-16)10-12-6-4-5-7-14(12)17-15/h4-7,10H,3,8-9,11H2,1-2H3. The Labute approximate surface area is 119 Å². The summed E-state index contributed by atoms with van der Waals surface area (Å²) < 4.78 is 5.38. The third-order valence-electron chi connectivity index (χ3n) is 3.06. The molecular formula is C15H19ClN2O. The van der Waals surface area contributed by atoms with Crippen molar-refractivity contribution in [2.45, 2.75) is 12.8 Å². The van der Waals surface area contributed by atoms with Gasteiger partial charge < -0.3 is 9.64 Å². The highest BCUT2D eigenvalue weighted by atomic mass is 35.5. The summed E-state index contributed by atoms with van der Waals surface area (Å²) in [6.07, 6.45) is 0. The monoisotopic (exact) mass is 278 g/mol. The number of anilines is 1. The van der Waals surface area contributed by atoms with E-state index in [0.29, 0.717) is 12.5 Å². The van der Waals surface area contributed by atoms with Gasteiger partial charge in [-0.1, -0.05) is 18.2 Å². The van der Waals surface area contributed by atoms with Gasteiger partial charge >= 0.3 is 0 Å². The van der Waals surface area contributed by atoms with Crippen molar-refractivity contribution in [2.75, 3.05) is 31.7 Å². The Morgan fingerprint density at radius 3 is 2.84 bits per heavy atom. The fraction of sp³-hybridized carbons (Fsp3) is 0.400. The van der Waals surface area contributed by atoms with Crippen LogP contribution in [0.4, 0.5) is 5.82 Å². The van der Waals surface area contributed by atoms with Crippen LogP contribution in [0.25, 0.3) is 10.9 Å². The van der Waals surface area contributed by atoms with E-state index in [2.05, 4.69) is 17.0 Å². The molecule has 0 aliphatic rings. The van der Waals surface area contributed by atoms with Crippen molar-refractivity contribution in [3.63, 3.8) is 0 Å². The molecule has 0 saturated carbocycles. The van der Waals surface area contributed by atoms with Crippen molar-refractivity contribution in [2.24, 2.45) is 0 Å². The lowest BCUT2D eigenvalue weighted by atomic mass is 10.1. The number of rotatable bonds is 6. The van der Waals surface area contributed by atoms with Gasteiger partial charge in [0.05, 0.1) is 18.0 Å². The van der Waals surface area contributed by atoms with Crippen molar-refractivity contribution in [1.29, 1.82) is 0 Å². The molecule has 0 N–H and O–H groups in total. The zero-order valence-electron chi connectivity index (χ0n) is 11.4. The first-order valence-corrected chi connectivity index (χ1v) is 7.03. The minimum atomic E-state index is 0.464. The Bertz CT molecular complexity index is 545. The topological polar surface area (TPSA) is 25.4 Å². The van der Waals surface area contributed by atoms with Crippen LogP contribution >= 0.6 is 11.6 Å². The third-order valence-corrected chi connectivity index (χ3v) is 3.35. The van der Waals surface area contributed by atoms with Gasteiger partial charge in [-0.3, -0.25) is 0 Å². The summed E-state index contributed by atoms with van der Waals surface area (Å²) in [5.41, 5.74) is 2.05. The number of hydrogen-bond donors (Lipinski definition) is 0. The number of aromatic nitrogens is 1. The first-order chi connectivity index (χ1) is 9.26. The fourth-order valence-electron chi connectivity index (χ4n) is 2.03. The van der Waals surface area contributed by atoms with Crippen LogP contribution in [0, 0.1) is 0 Å². The molecule has 0 spiro atoms. The maximum absolute atomic E-state index is 6.04. The van der Waals surface area contributed by atoms with Crippen LogP contribution in [-0.4, -0.2) is 31.8 Å². The maximum Gasteiger partial charge on any atom is 0.133 e. The van der Waals surface area contributed by atoms with Crippen LogP contribution in [-0.2, 0) is 10.6 Å². The molecule has 3 nitrogen and oxygen atoms in total. The largest absolute Gasteiger partial charge is 0.380 e. The van der Waals surface area contributed by atoms with E-state index in [-0.39, 0.29) is 0 Å². The van der Waals surface area contributed by atoms with Crippen LogP contribution < -0.4 is 4.90 Å². The maximum atomic E-state index is 6.04. The summed E-state index contributed by atoms with van der Waals surface area (Å²) in [5.74, 6) is 1.40. The molecule has 0 amide bonds. The Morgan fingerprint density at radius 1 is 1.32 bits per heavy atom. The van der Waals surface area contributed by atoms with Gasteiger partial charge in [0.1, 0.15) is 5.82 Å². The summed E-state index contributed by atoms with van der Waals surface area (Å²) >= 11 is 6.04. The van der Waals surface area contributed by atoms with Crippen molar-refractivity contribution >= 4 is 28.3 Å². The van der Waals surface area contributed by atoms with Crippen LogP contribution in [0.2, 0.25) is 0 Å². The molecular weight excluding hydrogens is 260 g/mol. The molecule has 1 aromatic heterocycles. The average molecular weight is 279 g/mol. The number of ether oxygens (including phenoxy) is 1. The SMILES string of the molecule is CCOCCN(C)c1nc2ccccc2cc1CCl. The van der Waals surface area contributed by atoms with Crippen molar-refractivity contribution in [1.82, 2.24) is 4.98 Å². The van der Waals surface area contributed by atoms with E-state index in [0.717, 1.165) is 35.4 Å². The van der Waals surface area contributed by atoms with Gasteiger partial charge in [0, 0.05) is 31.1 Å². The lowest BCUT2D eigenvalue weighted by Gasteiger charge is -2.21. The molecule has 0 aliphatic carbocycles. The zero-order valence-corrected chi connectivity index (χ0v) is 12.2. The predicted octanol–water partition coefficient (Wildman–Crippen LogP) is 3.45. The molecule has 102 valence electrons. The number of hydrogen-bond acceptors (Lipinski definition) is 3. The summed E-state index contributed by atoms with van der Waals surface area (Å²) in [4.78, 5) is 6.81. The Morgan fingerprint density at radius 2 is 2.11 bits per heavy atom. The second-order valence-electron chi connectivity index (χ2n) is 4.42. The second kappa shape index (κ2) is 6.73. The molecule has 2 rings (SSSR count). The molecule has 0 radical (unpaired) electrons. The quantitative estimate of drug-likeness (QED) is 0.598. The number of fused-ring (bicyclic) bond motifs is 1. The minimum Gasteiger partial charge on any atom is -0.380 e. The molecule has 4 heteroatoms. The number of para-hydroxylation sites is 1. The fourth-order valence-corrected chi connectivity index (χ4v) is 2.23. The Kier molecular flexibility index (Phi) is 5.00. The van der Waals surface area contributed by atoms with E-state index in [1.165, 1.54) is 0 Å². The van der Waals surface area contributed by atoms with E-state index in [9.17, 15) is 0 Å². The number of likely N-dealkylation sites (N-methyl/N-ethyl adjacent to an activating group) is 1. The van der Waals surface area contributed by atoms with Crippen molar-refractivity contribution in [3.05, 3.63) is 35.9 Å². The van der Waals surface area contributed by atoms with Crippen LogP contribution in [0.5, 0.6) is 0 Å². The third kappa shape index (κ3) is 3.37. The van der Waals surface area contributed by atoms with Crippen LogP contribution in [0.3, 0.4) is 0 Å². The normalized spacial score (nSPS) is 10.9. The average Bonchev–Trinajstić information content (AvgIpc) is 2.46. The minimum absolute atomic E-state index is 0.464. The molecule has 0 aliphatic heterocycles. The molecule has 0 saturated heterocycles. The smallest absolute Gasteiger partial charge is 0.133 e. The molecule has 19 heavy (non-hydrogen) atoms. The number of halogens is 1. The van der Waals surface area contributed by atoms with E-state index in [4.69, 9.17) is 21.3 Å². The Hall–Kier alpha value is -1.32. The molecule has 0 unspecified atom stereocenters. The van der Waals surface area contributed by atoms with Gasteiger partial charge in [-0.05, 0) is 19.1 Å². The number of alkyl halides is 1. The molecule has 0 fully saturated rings. The summed E-state index contributed by atoms with van der Waals surface area (Å²) in [6.45, 7) is 4.24. The molecule has 1 aromatic carbocycles. The molecule has 0 atom stereocenters.